The highest BCUT2D eigenvalue weighted by Gasteiger charge is 2.18. The molecule has 4 aromatic rings. The molecule has 8 heteroatoms. The van der Waals surface area contributed by atoms with E-state index in [1.807, 2.05) is 67.1 Å². The summed E-state index contributed by atoms with van der Waals surface area (Å²) in [4.78, 5) is 12.8. The normalized spacial score (nSPS) is 10.9. The van der Waals surface area contributed by atoms with Crippen molar-refractivity contribution in [3.05, 3.63) is 64.5 Å². The molecule has 4 rings (SSSR count). The first-order valence-electron chi connectivity index (χ1n) is 8.34. The number of hydrogen-bond donors (Lipinski definition) is 1. The van der Waals surface area contributed by atoms with E-state index in [1.165, 1.54) is 11.5 Å². The van der Waals surface area contributed by atoms with Crippen molar-refractivity contribution in [2.24, 2.45) is 0 Å². The van der Waals surface area contributed by atoms with E-state index in [9.17, 15) is 4.79 Å². The molecule has 1 N–H and O–H groups in total. The van der Waals surface area contributed by atoms with Gasteiger partial charge in [-0.15, -0.1) is 5.10 Å². The molecule has 1 amide bonds. The average Bonchev–Trinajstić information content (AvgIpc) is 3.37. The van der Waals surface area contributed by atoms with Gasteiger partial charge >= 0.3 is 0 Å². The molecule has 3 aromatic heterocycles. The predicted octanol–water partition coefficient (Wildman–Crippen LogP) is 4.16. The Morgan fingerprint density at radius 2 is 1.93 bits per heavy atom. The van der Waals surface area contributed by atoms with Gasteiger partial charge in [-0.2, -0.15) is 0 Å². The van der Waals surface area contributed by atoms with Crippen LogP contribution in [0.3, 0.4) is 0 Å². The fourth-order valence-corrected chi connectivity index (χ4v) is 3.48. The number of carbonyl (C=O) groups is 1. The molecule has 136 valence electrons. The second-order valence-corrected chi connectivity index (χ2v) is 6.85. The smallest absolute Gasteiger partial charge is 0.257 e. The molecule has 3 heterocycles. The standard InChI is InChI=1S/C19H17N5O2S/c1-11-8-16(13(3)24(11)18-9-12(2)26-22-18)19(25)20-15-6-4-14(5-7-15)17-10-27-23-21-17/h4-10H,1-3H3,(H,20,25). The lowest BCUT2D eigenvalue weighted by molar-refractivity contribution is 0.102. The van der Waals surface area contributed by atoms with Gasteiger partial charge in [-0.25, -0.2) is 0 Å². The third-order valence-corrected chi connectivity index (χ3v) is 4.82. The van der Waals surface area contributed by atoms with E-state index in [2.05, 4.69) is 20.1 Å². The van der Waals surface area contributed by atoms with Crippen LogP contribution in [0.4, 0.5) is 5.69 Å². The Balaban J connectivity index is 1.57. The number of hydrogen-bond acceptors (Lipinski definition) is 6. The number of rotatable bonds is 4. The minimum absolute atomic E-state index is 0.169. The Morgan fingerprint density at radius 1 is 1.15 bits per heavy atom. The zero-order chi connectivity index (χ0) is 19.0. The van der Waals surface area contributed by atoms with Gasteiger partial charge in [-0.1, -0.05) is 21.8 Å². The molecule has 0 atom stereocenters. The van der Waals surface area contributed by atoms with Gasteiger partial charge in [0.25, 0.3) is 5.91 Å². The van der Waals surface area contributed by atoms with E-state index in [0.717, 1.165) is 28.4 Å². The van der Waals surface area contributed by atoms with E-state index in [1.54, 1.807) is 0 Å². The molecule has 0 fully saturated rings. The van der Waals surface area contributed by atoms with Crippen LogP contribution >= 0.6 is 11.5 Å². The molecular weight excluding hydrogens is 362 g/mol. The Morgan fingerprint density at radius 3 is 2.56 bits per heavy atom. The number of anilines is 1. The highest BCUT2D eigenvalue weighted by atomic mass is 32.1. The molecule has 7 nitrogen and oxygen atoms in total. The largest absolute Gasteiger partial charge is 0.360 e. The molecule has 0 saturated carbocycles. The molecule has 0 aliphatic heterocycles. The van der Waals surface area contributed by atoms with Crippen LogP contribution in [0.5, 0.6) is 0 Å². The van der Waals surface area contributed by atoms with E-state index < -0.39 is 0 Å². The number of aryl methyl sites for hydroxylation is 2. The van der Waals surface area contributed by atoms with Gasteiger partial charge in [0.05, 0.1) is 5.56 Å². The third-order valence-electron chi connectivity index (χ3n) is 4.32. The second-order valence-electron chi connectivity index (χ2n) is 6.24. The topological polar surface area (TPSA) is 85.8 Å². The zero-order valence-corrected chi connectivity index (χ0v) is 15.9. The molecule has 1 aromatic carbocycles. The van der Waals surface area contributed by atoms with Crippen molar-refractivity contribution in [3.8, 4) is 17.1 Å². The Kier molecular flexibility index (Phi) is 4.33. The van der Waals surface area contributed by atoms with E-state index >= 15 is 0 Å². The summed E-state index contributed by atoms with van der Waals surface area (Å²) < 4.78 is 10.9. The summed E-state index contributed by atoms with van der Waals surface area (Å²) in [7, 11) is 0. The Labute approximate surface area is 159 Å². The first-order valence-corrected chi connectivity index (χ1v) is 9.18. The van der Waals surface area contributed by atoms with Crippen molar-refractivity contribution in [2.75, 3.05) is 5.32 Å². The number of amides is 1. The summed E-state index contributed by atoms with van der Waals surface area (Å²) in [6.07, 6.45) is 0. The van der Waals surface area contributed by atoms with E-state index in [-0.39, 0.29) is 5.91 Å². The molecule has 0 saturated heterocycles. The zero-order valence-electron chi connectivity index (χ0n) is 15.1. The predicted molar refractivity (Wildman–Crippen MR) is 103 cm³/mol. The summed E-state index contributed by atoms with van der Waals surface area (Å²) in [6.45, 7) is 5.67. The quantitative estimate of drug-likeness (QED) is 0.575. The van der Waals surface area contributed by atoms with E-state index in [0.29, 0.717) is 17.1 Å². The highest BCUT2D eigenvalue weighted by Crippen LogP contribution is 2.23. The summed E-state index contributed by atoms with van der Waals surface area (Å²) in [5.41, 5.74) is 4.82. The average molecular weight is 379 g/mol. The lowest BCUT2D eigenvalue weighted by atomic mass is 10.1. The van der Waals surface area contributed by atoms with Crippen molar-refractivity contribution in [2.45, 2.75) is 20.8 Å². The molecule has 27 heavy (non-hydrogen) atoms. The van der Waals surface area contributed by atoms with Gasteiger partial charge in [0.2, 0.25) is 0 Å². The van der Waals surface area contributed by atoms with Gasteiger partial charge < -0.3 is 9.84 Å². The monoisotopic (exact) mass is 379 g/mol. The number of carbonyl (C=O) groups excluding carboxylic acids is 1. The van der Waals surface area contributed by atoms with Crippen LogP contribution in [-0.2, 0) is 0 Å². The highest BCUT2D eigenvalue weighted by molar-refractivity contribution is 7.03. The minimum atomic E-state index is -0.169. The van der Waals surface area contributed by atoms with Crippen LogP contribution < -0.4 is 5.32 Å². The second kappa shape index (κ2) is 6.81. The molecule has 0 spiro atoms. The maximum absolute atomic E-state index is 12.8. The Hall–Kier alpha value is -3.26. The summed E-state index contributed by atoms with van der Waals surface area (Å²) in [6, 6.07) is 11.2. The van der Waals surface area contributed by atoms with Gasteiger partial charge in [0.15, 0.2) is 5.82 Å². The minimum Gasteiger partial charge on any atom is -0.360 e. The van der Waals surface area contributed by atoms with Crippen LogP contribution in [-0.4, -0.2) is 25.2 Å². The van der Waals surface area contributed by atoms with Crippen LogP contribution in [0.1, 0.15) is 27.5 Å². The Bertz CT molecular complexity index is 1090. The maximum Gasteiger partial charge on any atom is 0.257 e. The first-order chi connectivity index (χ1) is 13.0. The van der Waals surface area contributed by atoms with E-state index in [4.69, 9.17) is 4.52 Å². The van der Waals surface area contributed by atoms with Crippen LogP contribution in [0.15, 0.2) is 46.3 Å². The number of nitrogens with zero attached hydrogens (tertiary/aromatic N) is 4. The van der Waals surface area contributed by atoms with Crippen molar-refractivity contribution in [1.29, 1.82) is 0 Å². The van der Waals surface area contributed by atoms with Gasteiger partial charge in [-0.3, -0.25) is 9.36 Å². The SMILES string of the molecule is Cc1cc(-n2c(C)cc(C(=O)Nc3ccc(-c4csnn4)cc3)c2C)no1. The van der Waals surface area contributed by atoms with Crippen molar-refractivity contribution in [1.82, 2.24) is 19.3 Å². The summed E-state index contributed by atoms with van der Waals surface area (Å²) in [5.74, 6) is 1.22. The maximum atomic E-state index is 12.8. The molecule has 0 unspecified atom stereocenters. The third kappa shape index (κ3) is 3.26. The molecule has 0 radical (unpaired) electrons. The molecule has 0 aliphatic carbocycles. The van der Waals surface area contributed by atoms with Crippen LogP contribution in [0.2, 0.25) is 0 Å². The lowest BCUT2D eigenvalue weighted by Crippen LogP contribution is -2.13. The number of nitrogens with one attached hydrogen (secondary N) is 1. The number of benzene rings is 1. The molecule has 0 aliphatic rings. The lowest BCUT2D eigenvalue weighted by Gasteiger charge is -2.07. The van der Waals surface area contributed by atoms with Crippen molar-refractivity contribution in [3.63, 3.8) is 0 Å². The summed E-state index contributed by atoms with van der Waals surface area (Å²) >= 11 is 1.31. The fourth-order valence-electron chi connectivity index (χ4n) is 3.02. The van der Waals surface area contributed by atoms with Crippen LogP contribution in [0.25, 0.3) is 17.1 Å². The molecular formula is C19H17N5O2S. The van der Waals surface area contributed by atoms with Crippen molar-refractivity contribution >= 4 is 23.1 Å². The van der Waals surface area contributed by atoms with Crippen molar-refractivity contribution < 1.29 is 9.32 Å². The number of aromatic nitrogens is 4. The van der Waals surface area contributed by atoms with Gasteiger partial charge in [-0.05, 0) is 50.5 Å². The van der Waals surface area contributed by atoms with Gasteiger partial charge in [0.1, 0.15) is 11.5 Å². The fraction of sp³-hybridized carbons (Fsp3) is 0.158. The molecule has 0 bridgehead atoms. The summed E-state index contributed by atoms with van der Waals surface area (Å²) in [5, 5.41) is 12.9. The van der Waals surface area contributed by atoms with Gasteiger partial charge in [0, 0.05) is 34.1 Å². The first kappa shape index (κ1) is 17.2. The van der Waals surface area contributed by atoms with Crippen LogP contribution in [0, 0.1) is 20.8 Å².